The molecule has 1 saturated heterocycles. The Hall–Kier alpha value is -0.370. The minimum atomic E-state index is 0.184. The molecule has 0 aromatic rings. The van der Waals surface area contributed by atoms with Crippen LogP contribution >= 0.6 is 0 Å². The molecule has 1 fully saturated rings. The van der Waals surface area contributed by atoms with Crippen LogP contribution < -0.4 is 5.32 Å². The van der Waals surface area contributed by atoms with E-state index in [0.29, 0.717) is 5.92 Å². The SMILES string of the molecule is CC1(C)CC(C=N)CC(C)(C)N1. The van der Waals surface area contributed by atoms with Crippen molar-refractivity contribution in [3.05, 3.63) is 0 Å². The van der Waals surface area contributed by atoms with Crippen LogP contribution in [0.15, 0.2) is 0 Å². The Labute approximate surface area is 75.3 Å². The third kappa shape index (κ3) is 2.31. The van der Waals surface area contributed by atoms with Crippen LogP contribution in [0.3, 0.4) is 0 Å². The molecule has 0 aromatic carbocycles. The van der Waals surface area contributed by atoms with Crippen LogP contribution in [0.25, 0.3) is 0 Å². The molecule has 0 bridgehead atoms. The fourth-order valence-corrected chi connectivity index (χ4v) is 2.52. The Kier molecular flexibility index (Phi) is 2.30. The summed E-state index contributed by atoms with van der Waals surface area (Å²) in [4.78, 5) is 0. The fraction of sp³-hybridized carbons (Fsp3) is 0.900. The zero-order chi connectivity index (χ0) is 9.41. The first-order valence-electron chi connectivity index (χ1n) is 4.65. The summed E-state index contributed by atoms with van der Waals surface area (Å²) in [5, 5.41) is 10.9. The molecule has 0 amide bonds. The van der Waals surface area contributed by atoms with Gasteiger partial charge in [0.2, 0.25) is 0 Å². The van der Waals surface area contributed by atoms with E-state index in [2.05, 4.69) is 33.0 Å². The lowest BCUT2D eigenvalue weighted by atomic mass is 9.76. The number of piperidine rings is 1. The van der Waals surface area contributed by atoms with Crippen molar-refractivity contribution in [1.82, 2.24) is 5.32 Å². The molecule has 1 rings (SSSR count). The van der Waals surface area contributed by atoms with Crippen molar-refractivity contribution >= 4 is 6.21 Å². The molecular weight excluding hydrogens is 148 g/mol. The Morgan fingerprint density at radius 1 is 1.17 bits per heavy atom. The van der Waals surface area contributed by atoms with Gasteiger partial charge in [0.1, 0.15) is 0 Å². The standard InChI is InChI=1S/C10H20N2/c1-9(2)5-8(7-11)6-10(3,4)12-9/h7-8,11-12H,5-6H2,1-4H3. The number of nitrogens with one attached hydrogen (secondary N) is 2. The highest BCUT2D eigenvalue weighted by molar-refractivity contribution is 5.57. The van der Waals surface area contributed by atoms with E-state index < -0.39 is 0 Å². The van der Waals surface area contributed by atoms with Gasteiger partial charge in [-0.05, 0) is 52.7 Å². The molecule has 0 spiro atoms. The largest absolute Gasteiger partial charge is 0.313 e. The van der Waals surface area contributed by atoms with E-state index in [1.54, 1.807) is 6.21 Å². The highest BCUT2D eigenvalue weighted by Crippen LogP contribution is 2.31. The molecule has 1 aliphatic rings. The maximum absolute atomic E-state index is 7.30. The summed E-state index contributed by atoms with van der Waals surface area (Å²) >= 11 is 0. The Bertz CT molecular complexity index is 166. The van der Waals surface area contributed by atoms with Crippen molar-refractivity contribution < 1.29 is 0 Å². The Morgan fingerprint density at radius 3 is 1.92 bits per heavy atom. The molecule has 70 valence electrons. The lowest BCUT2D eigenvalue weighted by Gasteiger charge is -2.45. The smallest absolute Gasteiger partial charge is 0.0136 e. The first kappa shape index (κ1) is 9.72. The van der Waals surface area contributed by atoms with Crippen LogP contribution in [0.2, 0.25) is 0 Å². The highest BCUT2D eigenvalue weighted by Gasteiger charge is 2.36. The van der Waals surface area contributed by atoms with Gasteiger partial charge in [0, 0.05) is 11.1 Å². The van der Waals surface area contributed by atoms with Crippen molar-refractivity contribution in [3.63, 3.8) is 0 Å². The van der Waals surface area contributed by atoms with E-state index in [9.17, 15) is 0 Å². The van der Waals surface area contributed by atoms with Gasteiger partial charge in [-0.2, -0.15) is 0 Å². The Morgan fingerprint density at radius 2 is 1.58 bits per heavy atom. The summed E-state index contributed by atoms with van der Waals surface area (Å²) in [7, 11) is 0. The van der Waals surface area contributed by atoms with Crippen molar-refractivity contribution in [1.29, 1.82) is 5.41 Å². The topological polar surface area (TPSA) is 35.9 Å². The molecule has 0 radical (unpaired) electrons. The maximum Gasteiger partial charge on any atom is 0.0136 e. The van der Waals surface area contributed by atoms with E-state index in [-0.39, 0.29) is 11.1 Å². The minimum absolute atomic E-state index is 0.184. The van der Waals surface area contributed by atoms with Crippen LogP contribution in [0, 0.1) is 11.3 Å². The van der Waals surface area contributed by atoms with E-state index in [0.717, 1.165) is 12.8 Å². The molecule has 0 unspecified atom stereocenters. The van der Waals surface area contributed by atoms with Crippen LogP contribution in [0.4, 0.5) is 0 Å². The molecule has 12 heavy (non-hydrogen) atoms. The van der Waals surface area contributed by atoms with Gasteiger partial charge in [0.05, 0.1) is 0 Å². The van der Waals surface area contributed by atoms with Crippen molar-refractivity contribution in [2.24, 2.45) is 5.92 Å². The normalized spacial score (nSPS) is 28.3. The molecule has 0 aromatic heterocycles. The summed E-state index contributed by atoms with van der Waals surface area (Å²) in [5.74, 6) is 0.455. The van der Waals surface area contributed by atoms with Gasteiger partial charge in [-0.3, -0.25) is 0 Å². The van der Waals surface area contributed by atoms with E-state index in [1.807, 2.05) is 0 Å². The molecule has 2 N–H and O–H groups in total. The number of hydrogen-bond donors (Lipinski definition) is 2. The van der Waals surface area contributed by atoms with E-state index >= 15 is 0 Å². The predicted octanol–water partition coefficient (Wildman–Crippen LogP) is 2.19. The molecule has 2 heteroatoms. The molecule has 0 saturated carbocycles. The monoisotopic (exact) mass is 168 g/mol. The van der Waals surface area contributed by atoms with Crippen LogP contribution in [-0.2, 0) is 0 Å². The lowest BCUT2D eigenvalue weighted by molar-refractivity contribution is 0.159. The van der Waals surface area contributed by atoms with Crippen LogP contribution in [0.1, 0.15) is 40.5 Å². The van der Waals surface area contributed by atoms with Crippen molar-refractivity contribution in [3.8, 4) is 0 Å². The zero-order valence-electron chi connectivity index (χ0n) is 8.57. The molecule has 0 aliphatic carbocycles. The molecule has 2 nitrogen and oxygen atoms in total. The maximum atomic E-state index is 7.30. The first-order valence-corrected chi connectivity index (χ1v) is 4.65. The van der Waals surface area contributed by atoms with Gasteiger partial charge in [0.25, 0.3) is 0 Å². The summed E-state index contributed by atoms with van der Waals surface area (Å²) in [6, 6.07) is 0. The summed E-state index contributed by atoms with van der Waals surface area (Å²) < 4.78 is 0. The van der Waals surface area contributed by atoms with Gasteiger partial charge in [-0.1, -0.05) is 0 Å². The summed E-state index contributed by atoms with van der Waals surface area (Å²) in [6.45, 7) is 8.85. The lowest BCUT2D eigenvalue weighted by Crippen LogP contribution is -2.57. The van der Waals surface area contributed by atoms with E-state index in [1.165, 1.54) is 0 Å². The van der Waals surface area contributed by atoms with Crippen molar-refractivity contribution in [2.75, 3.05) is 0 Å². The minimum Gasteiger partial charge on any atom is -0.313 e. The third-order valence-corrected chi connectivity index (χ3v) is 2.46. The molecule has 0 atom stereocenters. The van der Waals surface area contributed by atoms with Gasteiger partial charge in [-0.25, -0.2) is 0 Å². The van der Waals surface area contributed by atoms with Gasteiger partial charge >= 0.3 is 0 Å². The highest BCUT2D eigenvalue weighted by atomic mass is 15.0. The zero-order valence-corrected chi connectivity index (χ0v) is 8.57. The van der Waals surface area contributed by atoms with Crippen LogP contribution in [0.5, 0.6) is 0 Å². The second-order valence-corrected chi connectivity index (χ2v) is 5.23. The van der Waals surface area contributed by atoms with E-state index in [4.69, 9.17) is 5.41 Å². The second kappa shape index (κ2) is 2.84. The quantitative estimate of drug-likeness (QED) is 0.578. The Balaban J connectivity index is 2.72. The summed E-state index contributed by atoms with van der Waals surface area (Å²) in [5.41, 5.74) is 0.369. The second-order valence-electron chi connectivity index (χ2n) is 5.23. The molecule has 1 aliphatic heterocycles. The van der Waals surface area contributed by atoms with Gasteiger partial charge in [0.15, 0.2) is 0 Å². The van der Waals surface area contributed by atoms with Gasteiger partial charge in [-0.15, -0.1) is 0 Å². The third-order valence-electron chi connectivity index (χ3n) is 2.46. The molecular formula is C10H20N2. The predicted molar refractivity (Wildman–Crippen MR) is 52.8 cm³/mol. The van der Waals surface area contributed by atoms with Crippen molar-refractivity contribution in [2.45, 2.75) is 51.6 Å². The van der Waals surface area contributed by atoms with Crippen LogP contribution in [-0.4, -0.2) is 17.3 Å². The fourth-order valence-electron chi connectivity index (χ4n) is 2.52. The number of hydrogen-bond acceptors (Lipinski definition) is 2. The average molecular weight is 168 g/mol. The summed E-state index contributed by atoms with van der Waals surface area (Å²) in [6.07, 6.45) is 3.77. The first-order chi connectivity index (χ1) is 5.35. The average Bonchev–Trinajstić information content (AvgIpc) is 1.80. The number of rotatable bonds is 1. The molecule has 1 heterocycles. The van der Waals surface area contributed by atoms with Gasteiger partial charge < -0.3 is 10.7 Å².